The standard InChI is InChI=1S/C25H40O5/c1-7-9-10-11-12-13-15-25(24(26)28-8-2)16-14-21-20(5)22(29-17-27-6)18(3)19(4)23(21)30-25/h7-17H2,1-6H3. The van der Waals surface area contributed by atoms with Crippen LogP contribution in [-0.2, 0) is 20.7 Å². The average molecular weight is 421 g/mol. The Morgan fingerprint density at radius 3 is 2.37 bits per heavy atom. The first-order valence-electron chi connectivity index (χ1n) is 11.5. The molecule has 0 radical (unpaired) electrons. The number of fused-ring (bicyclic) bond motifs is 1. The van der Waals surface area contributed by atoms with Crippen molar-refractivity contribution in [1.29, 1.82) is 0 Å². The Hall–Kier alpha value is -1.75. The maximum atomic E-state index is 13.0. The molecule has 0 N–H and O–H groups in total. The van der Waals surface area contributed by atoms with Gasteiger partial charge in [0.1, 0.15) is 11.5 Å². The fraction of sp³-hybridized carbons (Fsp3) is 0.720. The first kappa shape index (κ1) is 24.5. The predicted octanol–water partition coefficient (Wildman–Crippen LogP) is 5.97. The van der Waals surface area contributed by atoms with Crippen LogP contribution in [0.15, 0.2) is 0 Å². The van der Waals surface area contributed by atoms with Gasteiger partial charge in [0.05, 0.1) is 6.61 Å². The summed E-state index contributed by atoms with van der Waals surface area (Å²) in [5.41, 5.74) is 3.38. The number of unbranched alkanes of at least 4 members (excludes halogenated alkanes) is 5. The van der Waals surface area contributed by atoms with E-state index in [4.69, 9.17) is 18.9 Å². The van der Waals surface area contributed by atoms with Crippen LogP contribution in [0.4, 0.5) is 0 Å². The summed E-state index contributed by atoms with van der Waals surface area (Å²) < 4.78 is 23.0. The molecule has 30 heavy (non-hydrogen) atoms. The molecule has 170 valence electrons. The van der Waals surface area contributed by atoms with E-state index in [0.29, 0.717) is 19.4 Å². The molecule has 5 heteroatoms. The van der Waals surface area contributed by atoms with Gasteiger partial charge in [-0.2, -0.15) is 0 Å². The van der Waals surface area contributed by atoms with Crippen molar-refractivity contribution in [2.75, 3.05) is 20.5 Å². The smallest absolute Gasteiger partial charge is 0.350 e. The van der Waals surface area contributed by atoms with Gasteiger partial charge in [-0.3, -0.25) is 0 Å². The highest BCUT2D eigenvalue weighted by atomic mass is 16.7. The van der Waals surface area contributed by atoms with Crippen molar-refractivity contribution in [3.05, 3.63) is 22.3 Å². The maximum Gasteiger partial charge on any atom is 0.350 e. The Balaban J connectivity index is 2.27. The van der Waals surface area contributed by atoms with E-state index in [1.54, 1.807) is 7.11 Å². The van der Waals surface area contributed by atoms with Gasteiger partial charge in [0.15, 0.2) is 6.79 Å². The van der Waals surface area contributed by atoms with Crippen LogP contribution in [-0.4, -0.2) is 32.1 Å². The summed E-state index contributed by atoms with van der Waals surface area (Å²) in [5, 5.41) is 0. The SMILES string of the molecule is CCCCCCCCC1(C(=O)OCC)CCc2c(C)c(OCOC)c(C)c(C)c2O1. The zero-order valence-electron chi connectivity index (χ0n) is 19.8. The first-order valence-corrected chi connectivity index (χ1v) is 11.5. The number of rotatable bonds is 12. The quantitative estimate of drug-likeness (QED) is 0.237. The number of ether oxygens (including phenoxy) is 4. The van der Waals surface area contributed by atoms with Crippen molar-refractivity contribution in [3.63, 3.8) is 0 Å². The molecule has 0 aliphatic carbocycles. The Labute approximate surface area is 182 Å². The first-order chi connectivity index (χ1) is 14.4. The molecule has 0 saturated heterocycles. The molecule has 1 unspecified atom stereocenters. The second-order valence-electron chi connectivity index (χ2n) is 8.40. The van der Waals surface area contributed by atoms with Crippen LogP contribution in [0.3, 0.4) is 0 Å². The summed E-state index contributed by atoms with van der Waals surface area (Å²) in [6.07, 6.45) is 9.20. The van der Waals surface area contributed by atoms with Crippen LogP contribution >= 0.6 is 0 Å². The lowest BCUT2D eigenvalue weighted by Gasteiger charge is -2.38. The summed E-state index contributed by atoms with van der Waals surface area (Å²) in [6.45, 7) is 10.8. The number of esters is 1. The molecule has 2 rings (SSSR count). The second-order valence-corrected chi connectivity index (χ2v) is 8.40. The van der Waals surface area contributed by atoms with Crippen LogP contribution in [0.1, 0.15) is 87.5 Å². The molecule has 0 aromatic heterocycles. The molecule has 1 atom stereocenters. The fourth-order valence-corrected chi connectivity index (χ4v) is 4.38. The Kier molecular flexibility index (Phi) is 9.47. The van der Waals surface area contributed by atoms with Gasteiger partial charge in [-0.15, -0.1) is 0 Å². The third kappa shape index (κ3) is 5.48. The van der Waals surface area contributed by atoms with E-state index in [2.05, 4.69) is 13.8 Å². The van der Waals surface area contributed by atoms with E-state index in [-0.39, 0.29) is 12.8 Å². The Bertz CT molecular complexity index is 712. The summed E-state index contributed by atoms with van der Waals surface area (Å²) in [4.78, 5) is 13.0. The van der Waals surface area contributed by atoms with E-state index in [0.717, 1.165) is 53.0 Å². The highest BCUT2D eigenvalue weighted by Crippen LogP contribution is 2.45. The van der Waals surface area contributed by atoms with Crippen molar-refractivity contribution < 1.29 is 23.7 Å². The van der Waals surface area contributed by atoms with Crippen LogP contribution in [0.25, 0.3) is 0 Å². The van der Waals surface area contributed by atoms with Crippen molar-refractivity contribution in [2.45, 2.75) is 98.0 Å². The highest BCUT2D eigenvalue weighted by Gasteiger charge is 2.45. The van der Waals surface area contributed by atoms with Crippen molar-refractivity contribution >= 4 is 5.97 Å². The van der Waals surface area contributed by atoms with Gasteiger partial charge in [-0.25, -0.2) is 4.79 Å². The molecule has 1 heterocycles. The molecular weight excluding hydrogens is 380 g/mol. The van der Waals surface area contributed by atoms with Gasteiger partial charge < -0.3 is 18.9 Å². The van der Waals surface area contributed by atoms with Crippen LogP contribution < -0.4 is 9.47 Å². The van der Waals surface area contributed by atoms with Crippen LogP contribution in [0.5, 0.6) is 11.5 Å². The predicted molar refractivity (Wildman–Crippen MR) is 119 cm³/mol. The molecule has 0 fully saturated rings. The van der Waals surface area contributed by atoms with E-state index in [1.165, 1.54) is 25.7 Å². The van der Waals surface area contributed by atoms with Gasteiger partial charge in [0, 0.05) is 19.1 Å². The molecule has 0 amide bonds. The molecule has 1 aromatic rings. The van der Waals surface area contributed by atoms with Gasteiger partial charge in [-0.1, -0.05) is 39.0 Å². The topological polar surface area (TPSA) is 54.0 Å². The number of methoxy groups -OCH3 is 1. The van der Waals surface area contributed by atoms with Crippen molar-refractivity contribution in [1.82, 2.24) is 0 Å². The van der Waals surface area contributed by atoms with Gasteiger partial charge in [0.25, 0.3) is 0 Å². The number of hydrogen-bond acceptors (Lipinski definition) is 5. The summed E-state index contributed by atoms with van der Waals surface area (Å²) >= 11 is 0. The molecule has 5 nitrogen and oxygen atoms in total. The van der Waals surface area contributed by atoms with Crippen LogP contribution in [0.2, 0.25) is 0 Å². The Morgan fingerprint density at radius 2 is 1.70 bits per heavy atom. The minimum absolute atomic E-state index is 0.214. The van der Waals surface area contributed by atoms with Gasteiger partial charge >= 0.3 is 5.97 Å². The maximum absolute atomic E-state index is 13.0. The lowest BCUT2D eigenvalue weighted by molar-refractivity contribution is -0.164. The second kappa shape index (κ2) is 11.6. The molecule has 1 aliphatic rings. The van der Waals surface area contributed by atoms with Gasteiger partial charge in [0.2, 0.25) is 5.60 Å². The van der Waals surface area contributed by atoms with Crippen molar-refractivity contribution in [3.8, 4) is 11.5 Å². The Morgan fingerprint density at radius 1 is 1.00 bits per heavy atom. The van der Waals surface area contributed by atoms with Crippen molar-refractivity contribution in [2.24, 2.45) is 0 Å². The number of benzene rings is 1. The summed E-state index contributed by atoms with van der Waals surface area (Å²) in [7, 11) is 1.62. The fourth-order valence-electron chi connectivity index (χ4n) is 4.38. The van der Waals surface area contributed by atoms with E-state index in [9.17, 15) is 4.79 Å². The summed E-state index contributed by atoms with van der Waals surface area (Å²) in [6, 6.07) is 0. The largest absolute Gasteiger partial charge is 0.475 e. The highest BCUT2D eigenvalue weighted by molar-refractivity contribution is 5.81. The van der Waals surface area contributed by atoms with E-state index >= 15 is 0 Å². The molecular formula is C25H40O5. The third-order valence-corrected chi connectivity index (χ3v) is 6.29. The lowest BCUT2D eigenvalue weighted by Crippen LogP contribution is -2.48. The minimum Gasteiger partial charge on any atom is -0.475 e. The normalized spacial score (nSPS) is 17.9. The number of hydrogen-bond donors (Lipinski definition) is 0. The molecule has 1 aromatic carbocycles. The molecule has 1 aliphatic heterocycles. The molecule has 0 spiro atoms. The zero-order chi connectivity index (χ0) is 22.1. The van der Waals surface area contributed by atoms with E-state index < -0.39 is 5.60 Å². The molecule has 0 bridgehead atoms. The monoisotopic (exact) mass is 420 g/mol. The molecule has 0 saturated carbocycles. The number of carbonyl (C=O) groups is 1. The lowest BCUT2D eigenvalue weighted by atomic mass is 9.83. The summed E-state index contributed by atoms with van der Waals surface area (Å²) in [5.74, 6) is 1.47. The minimum atomic E-state index is -0.883. The van der Waals surface area contributed by atoms with Gasteiger partial charge in [-0.05, 0) is 63.6 Å². The third-order valence-electron chi connectivity index (χ3n) is 6.29. The van der Waals surface area contributed by atoms with E-state index in [1.807, 2.05) is 20.8 Å². The average Bonchev–Trinajstić information content (AvgIpc) is 2.74. The van der Waals surface area contributed by atoms with Crippen LogP contribution in [0, 0.1) is 20.8 Å². The number of carbonyl (C=O) groups excluding carboxylic acids is 1. The zero-order valence-corrected chi connectivity index (χ0v) is 19.8.